The van der Waals surface area contributed by atoms with Crippen LogP contribution in [0.2, 0.25) is 0 Å². The minimum absolute atomic E-state index is 0.117. The van der Waals surface area contributed by atoms with E-state index in [1.54, 1.807) is 0 Å². The highest BCUT2D eigenvalue weighted by atomic mass is 32.2. The lowest BCUT2D eigenvalue weighted by atomic mass is 9.91. The lowest BCUT2D eigenvalue weighted by Gasteiger charge is -2.32. The van der Waals surface area contributed by atoms with Crippen LogP contribution in [0.3, 0.4) is 0 Å². The summed E-state index contributed by atoms with van der Waals surface area (Å²) < 4.78 is 5.21. The molecule has 0 aromatic rings. The van der Waals surface area contributed by atoms with Crippen molar-refractivity contribution in [2.45, 2.75) is 64.2 Å². The summed E-state index contributed by atoms with van der Waals surface area (Å²) in [6.07, 6.45) is 5.27. The van der Waals surface area contributed by atoms with Crippen molar-refractivity contribution in [3.05, 3.63) is 0 Å². The largest absolute Gasteiger partial charge is 0.465 e. The standard InChI is InChI=1S/C15H29NO2S/c1-5-16-15(4,14(17)18-6-2)11-19-13-9-7-8-12(3)10-13/h12-13,16H,5-11H2,1-4H3. The van der Waals surface area contributed by atoms with Crippen LogP contribution in [0, 0.1) is 5.92 Å². The number of carbonyl (C=O) groups is 1. The molecule has 0 radical (unpaired) electrons. The van der Waals surface area contributed by atoms with Gasteiger partial charge in [0.05, 0.1) is 6.61 Å². The Morgan fingerprint density at radius 2 is 2.16 bits per heavy atom. The molecule has 3 nitrogen and oxygen atoms in total. The zero-order chi connectivity index (χ0) is 14.3. The van der Waals surface area contributed by atoms with E-state index in [9.17, 15) is 4.79 Å². The molecule has 4 heteroatoms. The molecule has 0 bridgehead atoms. The average Bonchev–Trinajstić information content (AvgIpc) is 2.37. The maximum atomic E-state index is 12.1. The van der Waals surface area contributed by atoms with Gasteiger partial charge in [-0.1, -0.05) is 26.7 Å². The molecular weight excluding hydrogens is 258 g/mol. The number of esters is 1. The van der Waals surface area contributed by atoms with Gasteiger partial charge in [0, 0.05) is 11.0 Å². The second-order valence-electron chi connectivity index (χ2n) is 5.79. The van der Waals surface area contributed by atoms with Gasteiger partial charge in [0.1, 0.15) is 5.54 Å². The Balaban J connectivity index is 2.50. The molecule has 1 saturated carbocycles. The summed E-state index contributed by atoms with van der Waals surface area (Å²) in [5.74, 6) is 1.52. The van der Waals surface area contributed by atoms with Gasteiger partial charge in [-0.05, 0) is 39.2 Å². The van der Waals surface area contributed by atoms with Crippen molar-refractivity contribution in [3.8, 4) is 0 Å². The van der Waals surface area contributed by atoms with Gasteiger partial charge in [0.25, 0.3) is 0 Å². The van der Waals surface area contributed by atoms with Crippen LogP contribution in [-0.4, -0.2) is 35.7 Å². The Kier molecular flexibility index (Phi) is 7.22. The molecule has 0 saturated heterocycles. The first-order valence-corrected chi connectivity index (χ1v) is 8.60. The first kappa shape index (κ1) is 16.8. The van der Waals surface area contributed by atoms with Crippen molar-refractivity contribution in [1.82, 2.24) is 5.32 Å². The van der Waals surface area contributed by atoms with E-state index in [1.165, 1.54) is 25.7 Å². The Morgan fingerprint density at radius 3 is 2.74 bits per heavy atom. The molecule has 1 aliphatic carbocycles. The molecule has 0 heterocycles. The third kappa shape index (κ3) is 5.35. The fraction of sp³-hybridized carbons (Fsp3) is 0.933. The number of hydrogen-bond donors (Lipinski definition) is 1. The number of thioether (sulfide) groups is 1. The normalized spacial score (nSPS) is 26.7. The third-order valence-corrected chi connectivity index (χ3v) is 5.43. The van der Waals surface area contributed by atoms with Gasteiger partial charge in [0.2, 0.25) is 0 Å². The Labute approximate surface area is 122 Å². The summed E-state index contributed by atoms with van der Waals surface area (Å²) >= 11 is 1.94. The summed E-state index contributed by atoms with van der Waals surface area (Å²) in [7, 11) is 0. The maximum absolute atomic E-state index is 12.1. The van der Waals surface area contributed by atoms with Gasteiger partial charge >= 0.3 is 5.97 Å². The van der Waals surface area contributed by atoms with Crippen molar-refractivity contribution in [1.29, 1.82) is 0 Å². The predicted molar refractivity (Wildman–Crippen MR) is 82.6 cm³/mol. The fourth-order valence-corrected chi connectivity index (χ4v) is 4.26. The molecule has 112 valence electrons. The van der Waals surface area contributed by atoms with E-state index in [1.807, 2.05) is 32.5 Å². The summed E-state index contributed by atoms with van der Waals surface area (Å²) in [4.78, 5) is 12.1. The summed E-state index contributed by atoms with van der Waals surface area (Å²) in [5.41, 5.74) is -0.546. The molecule has 0 spiro atoms. The minimum Gasteiger partial charge on any atom is -0.465 e. The Morgan fingerprint density at radius 1 is 1.42 bits per heavy atom. The Hall–Kier alpha value is -0.220. The summed E-state index contributed by atoms with van der Waals surface area (Å²) in [6, 6.07) is 0. The summed E-state index contributed by atoms with van der Waals surface area (Å²) in [6.45, 7) is 9.43. The molecule has 0 aromatic carbocycles. The van der Waals surface area contributed by atoms with Crippen LogP contribution < -0.4 is 5.32 Å². The number of carbonyl (C=O) groups excluding carboxylic acids is 1. The van der Waals surface area contributed by atoms with Crippen LogP contribution in [0.15, 0.2) is 0 Å². The average molecular weight is 287 g/mol. The van der Waals surface area contributed by atoms with Crippen molar-refractivity contribution in [3.63, 3.8) is 0 Å². The second kappa shape index (κ2) is 8.15. The zero-order valence-electron chi connectivity index (χ0n) is 12.8. The highest BCUT2D eigenvalue weighted by molar-refractivity contribution is 8.00. The smallest absolute Gasteiger partial charge is 0.326 e. The van der Waals surface area contributed by atoms with E-state index in [0.717, 1.165) is 18.2 Å². The van der Waals surface area contributed by atoms with Crippen LogP contribution in [0.25, 0.3) is 0 Å². The van der Waals surface area contributed by atoms with Crippen LogP contribution >= 0.6 is 11.8 Å². The lowest BCUT2D eigenvalue weighted by Crippen LogP contribution is -2.52. The van der Waals surface area contributed by atoms with Crippen LogP contribution in [0.1, 0.15) is 53.4 Å². The molecule has 0 amide bonds. The number of hydrogen-bond acceptors (Lipinski definition) is 4. The molecule has 1 aliphatic rings. The van der Waals surface area contributed by atoms with Gasteiger partial charge in [-0.15, -0.1) is 0 Å². The molecule has 0 aromatic heterocycles. The van der Waals surface area contributed by atoms with E-state index >= 15 is 0 Å². The summed E-state index contributed by atoms with van der Waals surface area (Å²) in [5, 5.41) is 4.00. The first-order chi connectivity index (χ1) is 9.01. The van der Waals surface area contributed by atoms with E-state index in [-0.39, 0.29) is 5.97 Å². The number of likely N-dealkylation sites (N-methyl/N-ethyl adjacent to an activating group) is 1. The fourth-order valence-electron chi connectivity index (χ4n) is 2.68. The molecule has 1 rings (SSSR count). The van der Waals surface area contributed by atoms with E-state index < -0.39 is 5.54 Å². The molecule has 3 unspecified atom stereocenters. The van der Waals surface area contributed by atoms with Gasteiger partial charge in [-0.3, -0.25) is 4.79 Å². The van der Waals surface area contributed by atoms with Gasteiger partial charge in [-0.25, -0.2) is 0 Å². The maximum Gasteiger partial charge on any atom is 0.326 e. The molecule has 1 N–H and O–H groups in total. The van der Waals surface area contributed by atoms with E-state index in [0.29, 0.717) is 11.9 Å². The molecule has 0 aliphatic heterocycles. The van der Waals surface area contributed by atoms with Gasteiger partial charge in [0.15, 0.2) is 0 Å². The SMILES string of the molecule is CCNC(C)(CSC1CCCC(C)C1)C(=O)OCC. The van der Waals surface area contributed by atoms with E-state index in [4.69, 9.17) is 4.74 Å². The van der Waals surface area contributed by atoms with Crippen LogP contribution in [0.4, 0.5) is 0 Å². The first-order valence-electron chi connectivity index (χ1n) is 7.55. The topological polar surface area (TPSA) is 38.3 Å². The molecule has 19 heavy (non-hydrogen) atoms. The zero-order valence-corrected chi connectivity index (χ0v) is 13.6. The van der Waals surface area contributed by atoms with Gasteiger partial charge in [-0.2, -0.15) is 11.8 Å². The van der Waals surface area contributed by atoms with Crippen molar-refractivity contribution < 1.29 is 9.53 Å². The predicted octanol–water partition coefficient (Wildman–Crippen LogP) is 3.23. The highest BCUT2D eigenvalue weighted by Gasteiger charge is 2.35. The van der Waals surface area contributed by atoms with Crippen molar-refractivity contribution in [2.75, 3.05) is 18.9 Å². The number of ether oxygens (including phenoxy) is 1. The highest BCUT2D eigenvalue weighted by Crippen LogP contribution is 2.33. The van der Waals surface area contributed by atoms with Crippen molar-refractivity contribution >= 4 is 17.7 Å². The lowest BCUT2D eigenvalue weighted by molar-refractivity contribution is -0.149. The number of rotatable bonds is 7. The molecule has 1 fully saturated rings. The number of nitrogens with one attached hydrogen (secondary N) is 1. The quantitative estimate of drug-likeness (QED) is 0.730. The minimum atomic E-state index is -0.546. The Bertz CT molecular complexity index is 285. The van der Waals surface area contributed by atoms with Crippen molar-refractivity contribution in [2.24, 2.45) is 5.92 Å². The molecular formula is C15H29NO2S. The third-order valence-electron chi connectivity index (χ3n) is 3.79. The van der Waals surface area contributed by atoms with Gasteiger partial charge < -0.3 is 10.1 Å². The van der Waals surface area contributed by atoms with Crippen LogP contribution in [-0.2, 0) is 9.53 Å². The second-order valence-corrected chi connectivity index (χ2v) is 7.08. The molecule has 3 atom stereocenters. The van der Waals surface area contributed by atoms with E-state index in [2.05, 4.69) is 12.2 Å². The van der Waals surface area contributed by atoms with Crippen LogP contribution in [0.5, 0.6) is 0 Å². The monoisotopic (exact) mass is 287 g/mol.